The van der Waals surface area contributed by atoms with Gasteiger partial charge in [0.2, 0.25) is 0 Å². The molecule has 1 rings (SSSR count). The Bertz CT molecular complexity index is 585. The highest BCUT2D eigenvalue weighted by molar-refractivity contribution is 5.91. The zero-order chi connectivity index (χ0) is 21.9. The normalized spacial score (nSPS) is 10.0. The zero-order valence-corrected chi connectivity index (χ0v) is 18.4. The number of aryl methyl sites for hydroxylation is 1. The van der Waals surface area contributed by atoms with Gasteiger partial charge >= 0.3 is 0 Å². The van der Waals surface area contributed by atoms with Gasteiger partial charge in [-0.15, -0.1) is 0 Å². The molecule has 0 saturated carbocycles. The molecule has 0 aliphatic carbocycles. The van der Waals surface area contributed by atoms with Crippen LogP contribution in [0.3, 0.4) is 0 Å². The first-order chi connectivity index (χ1) is 13.2. The first kappa shape index (κ1) is 28.2. The van der Waals surface area contributed by atoms with Gasteiger partial charge in [0, 0.05) is 0 Å². The van der Waals surface area contributed by atoms with Crippen molar-refractivity contribution in [3.05, 3.63) is 72.4 Å². The summed E-state index contributed by atoms with van der Waals surface area (Å²) < 4.78 is 26.4. The van der Waals surface area contributed by atoms with Gasteiger partial charge in [-0.05, 0) is 68.9 Å². The Morgan fingerprint density at radius 1 is 1.11 bits per heavy atom. The molecule has 0 amide bonds. The number of rotatable bonds is 9. The van der Waals surface area contributed by atoms with Gasteiger partial charge in [-0.3, -0.25) is 4.79 Å². The Kier molecular flexibility index (Phi) is 18.5. The fourth-order valence-corrected chi connectivity index (χ4v) is 2.48. The van der Waals surface area contributed by atoms with Crippen LogP contribution in [0.1, 0.15) is 72.3 Å². The van der Waals surface area contributed by atoms with Crippen LogP contribution in [0.2, 0.25) is 0 Å². The molecular formula is C25H38F2O. The fraction of sp³-hybridized carbons (Fsp3) is 0.480. The Morgan fingerprint density at radius 3 is 2.00 bits per heavy atom. The lowest BCUT2D eigenvalue weighted by Crippen LogP contribution is -2.03. The molecule has 0 heterocycles. The second-order valence-electron chi connectivity index (χ2n) is 6.82. The van der Waals surface area contributed by atoms with Crippen LogP contribution in [0.5, 0.6) is 0 Å². The summed E-state index contributed by atoms with van der Waals surface area (Å²) in [4.78, 5) is 10.0. The van der Waals surface area contributed by atoms with Crippen molar-refractivity contribution in [1.29, 1.82) is 0 Å². The van der Waals surface area contributed by atoms with E-state index < -0.39 is 0 Å². The number of carbonyl (C=O) groups excluding carboxylic acids is 1. The number of allylic oxidation sites excluding steroid dienone is 4. The lowest BCUT2D eigenvalue weighted by atomic mass is 9.91. The number of carbonyl (C=O) groups is 1. The minimum atomic E-state index is -0.344. The van der Waals surface area contributed by atoms with Crippen molar-refractivity contribution in [1.82, 2.24) is 0 Å². The quantitative estimate of drug-likeness (QED) is 0.307. The summed E-state index contributed by atoms with van der Waals surface area (Å²) in [5.41, 5.74) is 1.14. The van der Waals surface area contributed by atoms with E-state index in [0.29, 0.717) is 23.5 Å². The number of ketones is 1. The summed E-state index contributed by atoms with van der Waals surface area (Å²) in [5.74, 6) is 0.0877. The molecule has 0 fully saturated rings. The van der Waals surface area contributed by atoms with Crippen LogP contribution in [0, 0.1) is 17.6 Å². The highest BCUT2D eigenvalue weighted by Gasteiger charge is 2.09. The zero-order valence-electron chi connectivity index (χ0n) is 18.4. The molecule has 158 valence electrons. The maximum atomic E-state index is 13.4. The van der Waals surface area contributed by atoms with E-state index >= 15 is 0 Å². The van der Waals surface area contributed by atoms with E-state index in [1.54, 1.807) is 13.0 Å². The van der Waals surface area contributed by atoms with E-state index in [0.717, 1.165) is 19.3 Å². The van der Waals surface area contributed by atoms with Crippen LogP contribution in [-0.2, 0) is 11.2 Å². The summed E-state index contributed by atoms with van der Waals surface area (Å²) in [6.07, 6.45) is 11.9. The number of hydrogen-bond donors (Lipinski definition) is 0. The molecule has 0 atom stereocenters. The van der Waals surface area contributed by atoms with Crippen LogP contribution in [0.4, 0.5) is 8.78 Å². The average molecular weight is 393 g/mol. The summed E-state index contributed by atoms with van der Waals surface area (Å²) >= 11 is 0. The molecule has 0 bridgehead atoms. The van der Waals surface area contributed by atoms with Gasteiger partial charge < -0.3 is 0 Å². The van der Waals surface area contributed by atoms with E-state index in [1.165, 1.54) is 38.0 Å². The Balaban J connectivity index is 0. The average Bonchev–Trinajstić information content (AvgIpc) is 2.64. The standard InChI is InChI=1S/C15H22F2.C5H8O.C5H8/c1-3-5-12(6-4-2)7-8-13-11-14(16)9-10-15(13)17;1-4(2)5(3)6;1-3-5-4-2/h9-12H,3-8H2,1-2H3;1H2,2-3H3;3-5H,1H2,2H3/b;;5-4-. The molecule has 1 aromatic carbocycles. The van der Waals surface area contributed by atoms with Crippen molar-refractivity contribution in [2.45, 2.75) is 73.1 Å². The maximum Gasteiger partial charge on any atom is 0.154 e. The molecule has 0 spiro atoms. The molecule has 0 aliphatic heterocycles. The van der Waals surface area contributed by atoms with E-state index in [1.807, 2.05) is 19.1 Å². The Morgan fingerprint density at radius 2 is 1.64 bits per heavy atom. The first-order valence-corrected chi connectivity index (χ1v) is 10.1. The molecule has 1 nitrogen and oxygen atoms in total. The molecule has 1 aromatic rings. The summed E-state index contributed by atoms with van der Waals surface area (Å²) in [6.45, 7) is 16.4. The Hall–Kier alpha value is -2.03. The lowest BCUT2D eigenvalue weighted by molar-refractivity contribution is -0.113. The van der Waals surface area contributed by atoms with Crippen molar-refractivity contribution in [3.63, 3.8) is 0 Å². The van der Waals surface area contributed by atoms with Crippen molar-refractivity contribution < 1.29 is 13.6 Å². The predicted molar refractivity (Wildman–Crippen MR) is 118 cm³/mol. The van der Waals surface area contributed by atoms with Gasteiger partial charge in [0.15, 0.2) is 5.78 Å². The molecule has 0 unspecified atom stereocenters. The number of halogens is 2. The number of benzene rings is 1. The number of Topliss-reactive ketones (excluding diaryl/α,β-unsaturated/α-hetero) is 1. The smallest absolute Gasteiger partial charge is 0.154 e. The maximum absolute atomic E-state index is 13.4. The van der Waals surface area contributed by atoms with E-state index in [9.17, 15) is 13.6 Å². The molecule has 0 aromatic heterocycles. The van der Waals surface area contributed by atoms with Gasteiger partial charge in [0.25, 0.3) is 0 Å². The van der Waals surface area contributed by atoms with Crippen LogP contribution >= 0.6 is 0 Å². The van der Waals surface area contributed by atoms with Gasteiger partial charge in [0.1, 0.15) is 11.6 Å². The Labute approximate surface area is 171 Å². The van der Waals surface area contributed by atoms with Crippen molar-refractivity contribution in [2.75, 3.05) is 0 Å². The summed E-state index contributed by atoms with van der Waals surface area (Å²) in [7, 11) is 0. The topological polar surface area (TPSA) is 17.1 Å². The van der Waals surface area contributed by atoms with E-state index in [4.69, 9.17) is 0 Å². The third-order valence-electron chi connectivity index (χ3n) is 4.15. The molecular weight excluding hydrogens is 354 g/mol. The van der Waals surface area contributed by atoms with E-state index in [-0.39, 0.29) is 17.4 Å². The lowest BCUT2D eigenvalue weighted by Gasteiger charge is -2.15. The molecule has 3 heteroatoms. The molecule has 0 radical (unpaired) electrons. The van der Waals surface area contributed by atoms with Crippen LogP contribution in [0.15, 0.2) is 55.2 Å². The van der Waals surface area contributed by atoms with Gasteiger partial charge in [-0.25, -0.2) is 8.78 Å². The first-order valence-electron chi connectivity index (χ1n) is 10.1. The van der Waals surface area contributed by atoms with E-state index in [2.05, 4.69) is 27.0 Å². The second kappa shape index (κ2) is 18.3. The fourth-order valence-electron chi connectivity index (χ4n) is 2.48. The van der Waals surface area contributed by atoms with Gasteiger partial charge in [0.05, 0.1) is 0 Å². The third kappa shape index (κ3) is 16.2. The summed E-state index contributed by atoms with van der Waals surface area (Å²) in [6, 6.07) is 3.72. The number of hydrogen-bond acceptors (Lipinski definition) is 1. The predicted octanol–water partition coefficient (Wildman–Crippen LogP) is 8.01. The molecule has 0 saturated heterocycles. The van der Waals surface area contributed by atoms with Crippen LogP contribution < -0.4 is 0 Å². The highest BCUT2D eigenvalue weighted by atomic mass is 19.1. The van der Waals surface area contributed by atoms with Crippen LogP contribution in [-0.4, -0.2) is 5.78 Å². The van der Waals surface area contributed by atoms with Crippen LogP contribution in [0.25, 0.3) is 0 Å². The monoisotopic (exact) mass is 392 g/mol. The van der Waals surface area contributed by atoms with Crippen molar-refractivity contribution >= 4 is 5.78 Å². The minimum absolute atomic E-state index is 0.0648. The SMILES string of the molecule is C=C(C)C(C)=O.C=C/C=C\C.CCCC(CCC)CCc1cc(F)ccc1F. The molecule has 28 heavy (non-hydrogen) atoms. The third-order valence-corrected chi connectivity index (χ3v) is 4.15. The molecule has 0 N–H and O–H groups in total. The van der Waals surface area contributed by atoms with Gasteiger partial charge in [-0.2, -0.15) is 0 Å². The van der Waals surface area contributed by atoms with Gasteiger partial charge in [-0.1, -0.05) is 70.9 Å². The summed E-state index contributed by atoms with van der Waals surface area (Å²) in [5, 5.41) is 0. The molecule has 0 aliphatic rings. The van der Waals surface area contributed by atoms with Crippen molar-refractivity contribution in [2.24, 2.45) is 5.92 Å². The minimum Gasteiger partial charge on any atom is -0.295 e. The largest absolute Gasteiger partial charge is 0.295 e. The van der Waals surface area contributed by atoms with Crippen molar-refractivity contribution in [3.8, 4) is 0 Å². The second-order valence-corrected chi connectivity index (χ2v) is 6.82. The highest BCUT2D eigenvalue weighted by Crippen LogP contribution is 2.21.